The Balaban J connectivity index is 1.59. The number of fused-ring (bicyclic) bond motifs is 1. The highest BCUT2D eigenvalue weighted by Gasteiger charge is 2.34. The standard InChI is InChI=1S/C24H26N4O2/c1-4-30-18-7-5-17(6-8-18)23(29)28-21-14-24(2,3)13-20-19(21)15-26-22(27-20)16-9-11-25-12-10-16/h5-12,15,21H,4,13-14H2,1-3H3,(H,28,29)/t21-/m0/s1. The van der Waals surface area contributed by atoms with E-state index in [9.17, 15) is 4.79 Å². The van der Waals surface area contributed by atoms with Crippen LogP contribution in [0.25, 0.3) is 11.4 Å². The van der Waals surface area contributed by atoms with Gasteiger partial charge < -0.3 is 10.1 Å². The zero-order valence-corrected chi connectivity index (χ0v) is 17.6. The van der Waals surface area contributed by atoms with E-state index in [1.54, 1.807) is 24.5 Å². The molecule has 2 aromatic heterocycles. The largest absolute Gasteiger partial charge is 0.494 e. The predicted molar refractivity (Wildman–Crippen MR) is 115 cm³/mol. The summed E-state index contributed by atoms with van der Waals surface area (Å²) >= 11 is 0. The van der Waals surface area contributed by atoms with Crippen LogP contribution < -0.4 is 10.1 Å². The molecule has 0 aliphatic heterocycles. The quantitative estimate of drug-likeness (QED) is 0.685. The summed E-state index contributed by atoms with van der Waals surface area (Å²) in [7, 11) is 0. The SMILES string of the molecule is CCOc1ccc(C(=O)N[C@H]2CC(C)(C)Cc3nc(-c4ccncc4)ncc32)cc1. The number of benzene rings is 1. The van der Waals surface area contributed by atoms with Gasteiger partial charge in [-0.25, -0.2) is 9.97 Å². The lowest BCUT2D eigenvalue weighted by Crippen LogP contribution is -2.37. The van der Waals surface area contributed by atoms with Crippen LogP contribution in [0, 0.1) is 5.41 Å². The Morgan fingerprint density at radius 2 is 1.90 bits per heavy atom. The number of amides is 1. The molecule has 0 radical (unpaired) electrons. The molecular formula is C24H26N4O2. The fourth-order valence-electron chi connectivity index (χ4n) is 3.93. The maximum absolute atomic E-state index is 12.9. The predicted octanol–water partition coefficient (Wildman–Crippen LogP) is 4.38. The second kappa shape index (κ2) is 8.22. The van der Waals surface area contributed by atoms with Crippen molar-refractivity contribution in [3.63, 3.8) is 0 Å². The van der Waals surface area contributed by atoms with E-state index in [0.29, 0.717) is 18.0 Å². The van der Waals surface area contributed by atoms with Gasteiger partial charge in [0, 0.05) is 35.3 Å². The normalized spacial score (nSPS) is 17.1. The lowest BCUT2D eigenvalue weighted by atomic mass is 9.74. The molecule has 154 valence electrons. The highest BCUT2D eigenvalue weighted by molar-refractivity contribution is 5.94. The summed E-state index contributed by atoms with van der Waals surface area (Å²) in [4.78, 5) is 26.4. The summed E-state index contributed by atoms with van der Waals surface area (Å²) in [6.45, 7) is 6.95. The van der Waals surface area contributed by atoms with E-state index in [1.807, 2.05) is 37.4 Å². The number of hydrogen-bond donors (Lipinski definition) is 1. The maximum Gasteiger partial charge on any atom is 0.251 e. The van der Waals surface area contributed by atoms with Crippen molar-refractivity contribution >= 4 is 5.91 Å². The summed E-state index contributed by atoms with van der Waals surface area (Å²) in [6, 6.07) is 10.9. The van der Waals surface area contributed by atoms with Crippen molar-refractivity contribution in [1.82, 2.24) is 20.3 Å². The Hall–Kier alpha value is -3.28. The van der Waals surface area contributed by atoms with Gasteiger partial charge in [-0.2, -0.15) is 0 Å². The number of carbonyl (C=O) groups is 1. The van der Waals surface area contributed by atoms with E-state index in [4.69, 9.17) is 9.72 Å². The lowest BCUT2D eigenvalue weighted by molar-refractivity contribution is 0.0919. The number of nitrogens with zero attached hydrogens (tertiary/aromatic N) is 3. The summed E-state index contributed by atoms with van der Waals surface area (Å²) in [5, 5.41) is 3.19. The second-order valence-electron chi connectivity index (χ2n) is 8.36. The Labute approximate surface area is 176 Å². The van der Waals surface area contributed by atoms with Crippen molar-refractivity contribution in [2.24, 2.45) is 5.41 Å². The van der Waals surface area contributed by atoms with Crippen molar-refractivity contribution in [3.8, 4) is 17.1 Å². The number of nitrogens with one attached hydrogen (secondary N) is 1. The van der Waals surface area contributed by atoms with Crippen LogP contribution in [0.1, 0.15) is 54.8 Å². The maximum atomic E-state index is 12.9. The minimum Gasteiger partial charge on any atom is -0.494 e. The Morgan fingerprint density at radius 3 is 2.60 bits per heavy atom. The first-order chi connectivity index (χ1) is 14.4. The van der Waals surface area contributed by atoms with Gasteiger partial charge in [0.2, 0.25) is 0 Å². The highest BCUT2D eigenvalue weighted by Crippen LogP contribution is 2.40. The number of hydrogen-bond acceptors (Lipinski definition) is 5. The molecule has 1 aliphatic carbocycles. The third-order valence-corrected chi connectivity index (χ3v) is 5.35. The smallest absolute Gasteiger partial charge is 0.251 e. The molecule has 0 saturated carbocycles. The number of carbonyl (C=O) groups excluding carboxylic acids is 1. The molecule has 0 bridgehead atoms. The molecule has 6 nitrogen and oxygen atoms in total. The number of ether oxygens (including phenoxy) is 1. The van der Waals surface area contributed by atoms with Gasteiger partial charge in [-0.1, -0.05) is 13.8 Å². The monoisotopic (exact) mass is 402 g/mol. The van der Waals surface area contributed by atoms with E-state index in [1.165, 1.54) is 0 Å². The van der Waals surface area contributed by atoms with Gasteiger partial charge in [0.15, 0.2) is 5.82 Å². The molecule has 30 heavy (non-hydrogen) atoms. The van der Waals surface area contributed by atoms with Crippen LogP contribution in [0.5, 0.6) is 5.75 Å². The van der Waals surface area contributed by atoms with Gasteiger partial charge in [0.05, 0.1) is 18.3 Å². The average Bonchev–Trinajstić information content (AvgIpc) is 2.74. The molecule has 1 aliphatic rings. The fraction of sp³-hybridized carbons (Fsp3) is 0.333. The van der Waals surface area contributed by atoms with E-state index in [-0.39, 0.29) is 17.4 Å². The summed E-state index contributed by atoms with van der Waals surface area (Å²) < 4.78 is 5.46. The van der Waals surface area contributed by atoms with Gasteiger partial charge in [0.25, 0.3) is 5.91 Å². The minimum absolute atomic E-state index is 0.0215. The Kier molecular flexibility index (Phi) is 5.48. The number of pyridine rings is 1. The molecule has 1 N–H and O–H groups in total. The summed E-state index contributed by atoms with van der Waals surface area (Å²) in [5.74, 6) is 1.34. The van der Waals surface area contributed by atoms with Gasteiger partial charge in [-0.3, -0.25) is 9.78 Å². The van der Waals surface area contributed by atoms with Crippen molar-refractivity contribution < 1.29 is 9.53 Å². The molecular weight excluding hydrogens is 376 g/mol. The van der Waals surface area contributed by atoms with E-state index in [2.05, 4.69) is 29.1 Å². The third kappa shape index (κ3) is 4.32. The highest BCUT2D eigenvalue weighted by atomic mass is 16.5. The molecule has 1 amide bonds. The van der Waals surface area contributed by atoms with Gasteiger partial charge in [0.1, 0.15) is 5.75 Å². The number of aromatic nitrogens is 3. The number of rotatable bonds is 5. The molecule has 0 spiro atoms. The van der Waals surface area contributed by atoms with Gasteiger partial charge >= 0.3 is 0 Å². The van der Waals surface area contributed by atoms with E-state index >= 15 is 0 Å². The van der Waals surface area contributed by atoms with E-state index < -0.39 is 0 Å². The van der Waals surface area contributed by atoms with Crippen molar-refractivity contribution in [2.75, 3.05) is 6.61 Å². The first kappa shape index (κ1) is 20.0. The first-order valence-electron chi connectivity index (χ1n) is 10.2. The topological polar surface area (TPSA) is 77.0 Å². The Bertz CT molecular complexity index is 1030. The van der Waals surface area contributed by atoms with Crippen molar-refractivity contribution in [3.05, 3.63) is 71.8 Å². The van der Waals surface area contributed by atoms with Gasteiger partial charge in [-0.15, -0.1) is 0 Å². The molecule has 3 aromatic rings. The molecule has 0 saturated heterocycles. The van der Waals surface area contributed by atoms with Gasteiger partial charge in [-0.05, 0) is 61.6 Å². The van der Waals surface area contributed by atoms with Crippen LogP contribution in [0.2, 0.25) is 0 Å². The van der Waals surface area contributed by atoms with Crippen LogP contribution in [0.15, 0.2) is 55.0 Å². The van der Waals surface area contributed by atoms with Crippen LogP contribution in [0.3, 0.4) is 0 Å². The third-order valence-electron chi connectivity index (χ3n) is 5.35. The van der Waals surface area contributed by atoms with Crippen LogP contribution in [0.4, 0.5) is 0 Å². The molecule has 1 atom stereocenters. The van der Waals surface area contributed by atoms with E-state index in [0.717, 1.165) is 35.4 Å². The molecule has 6 heteroatoms. The second-order valence-corrected chi connectivity index (χ2v) is 8.36. The minimum atomic E-state index is -0.130. The molecule has 4 rings (SSSR count). The molecule has 0 unspecified atom stereocenters. The zero-order chi connectivity index (χ0) is 21.1. The summed E-state index contributed by atoms with van der Waals surface area (Å²) in [5.41, 5.74) is 3.55. The molecule has 1 aromatic carbocycles. The lowest BCUT2D eigenvalue weighted by Gasteiger charge is -2.36. The average molecular weight is 402 g/mol. The molecule has 2 heterocycles. The van der Waals surface area contributed by atoms with Crippen LogP contribution in [-0.2, 0) is 6.42 Å². The molecule has 0 fully saturated rings. The zero-order valence-electron chi connectivity index (χ0n) is 17.6. The van der Waals surface area contributed by atoms with Crippen molar-refractivity contribution in [2.45, 2.75) is 39.7 Å². The summed E-state index contributed by atoms with van der Waals surface area (Å²) in [6.07, 6.45) is 7.01. The first-order valence-corrected chi connectivity index (χ1v) is 10.2. The van der Waals surface area contributed by atoms with Crippen LogP contribution in [-0.4, -0.2) is 27.5 Å². The fourth-order valence-corrected chi connectivity index (χ4v) is 3.93. The van der Waals surface area contributed by atoms with Crippen molar-refractivity contribution in [1.29, 1.82) is 0 Å². The van der Waals surface area contributed by atoms with Crippen LogP contribution >= 0.6 is 0 Å². The Morgan fingerprint density at radius 1 is 1.17 bits per heavy atom.